The highest BCUT2D eigenvalue weighted by Crippen LogP contribution is 2.22. The highest BCUT2D eigenvalue weighted by Gasteiger charge is 2.28. The Labute approximate surface area is 89.6 Å². The lowest BCUT2D eigenvalue weighted by atomic mass is 10.1. The molecule has 1 aromatic carbocycles. The molecule has 2 rings (SSSR count). The fraction of sp³-hybridized carbons (Fsp3) is 0.500. The molecule has 2 atom stereocenters. The van der Waals surface area contributed by atoms with E-state index in [9.17, 15) is 5.11 Å². The van der Waals surface area contributed by atoms with Gasteiger partial charge in [0.2, 0.25) is 0 Å². The predicted molar refractivity (Wildman–Crippen MR) is 57.2 cm³/mol. The maximum atomic E-state index is 9.56. The van der Waals surface area contributed by atoms with Crippen molar-refractivity contribution in [1.29, 1.82) is 0 Å². The molecule has 1 saturated heterocycles. The minimum Gasteiger partial charge on any atom is -0.485 e. The van der Waals surface area contributed by atoms with E-state index in [1.165, 1.54) is 0 Å². The summed E-state index contributed by atoms with van der Waals surface area (Å²) in [5.41, 5.74) is 2.24. The van der Waals surface area contributed by atoms with Gasteiger partial charge in [-0.3, -0.25) is 0 Å². The van der Waals surface area contributed by atoms with Crippen molar-refractivity contribution in [2.24, 2.45) is 0 Å². The van der Waals surface area contributed by atoms with Crippen molar-refractivity contribution in [1.82, 2.24) is 0 Å². The number of ether oxygens (including phenoxy) is 2. The molecule has 82 valence electrons. The normalized spacial score (nSPS) is 25.5. The van der Waals surface area contributed by atoms with Crippen LogP contribution >= 0.6 is 0 Å². The van der Waals surface area contributed by atoms with E-state index in [1.54, 1.807) is 0 Å². The van der Waals surface area contributed by atoms with Crippen LogP contribution in [-0.4, -0.2) is 30.5 Å². The van der Waals surface area contributed by atoms with Crippen LogP contribution in [0.3, 0.4) is 0 Å². The molecule has 3 heteroatoms. The summed E-state index contributed by atoms with van der Waals surface area (Å²) in [7, 11) is 0. The van der Waals surface area contributed by atoms with Crippen molar-refractivity contribution in [2.75, 3.05) is 13.2 Å². The lowest BCUT2D eigenvalue weighted by molar-refractivity contribution is 0.0729. The second kappa shape index (κ2) is 4.21. The number of rotatable bonds is 2. The average Bonchev–Trinajstić information content (AvgIpc) is 2.58. The number of hydrogen-bond donors (Lipinski definition) is 1. The van der Waals surface area contributed by atoms with E-state index in [0.717, 1.165) is 16.9 Å². The Morgan fingerprint density at radius 2 is 2.13 bits per heavy atom. The van der Waals surface area contributed by atoms with Crippen molar-refractivity contribution >= 4 is 0 Å². The summed E-state index contributed by atoms with van der Waals surface area (Å²) in [5.74, 6) is 0.838. The van der Waals surface area contributed by atoms with Gasteiger partial charge in [-0.15, -0.1) is 0 Å². The minimum atomic E-state index is -0.509. The molecule has 0 saturated carbocycles. The quantitative estimate of drug-likeness (QED) is 0.799. The first-order valence-electron chi connectivity index (χ1n) is 5.16. The fourth-order valence-corrected chi connectivity index (χ4v) is 1.63. The third-order valence-electron chi connectivity index (χ3n) is 2.62. The molecule has 1 N–H and O–H groups in total. The van der Waals surface area contributed by atoms with Crippen LogP contribution in [0.5, 0.6) is 5.75 Å². The number of hydrogen-bond acceptors (Lipinski definition) is 3. The van der Waals surface area contributed by atoms with Crippen LogP contribution < -0.4 is 4.74 Å². The molecule has 1 fully saturated rings. The Balaban J connectivity index is 2.12. The molecule has 1 heterocycles. The molecule has 0 radical (unpaired) electrons. The van der Waals surface area contributed by atoms with E-state index in [1.807, 2.05) is 32.0 Å². The van der Waals surface area contributed by atoms with Gasteiger partial charge < -0.3 is 14.6 Å². The molecule has 0 aromatic heterocycles. The Morgan fingerprint density at radius 3 is 2.80 bits per heavy atom. The fourth-order valence-electron chi connectivity index (χ4n) is 1.63. The minimum absolute atomic E-state index is 0.231. The van der Waals surface area contributed by atoms with Crippen LogP contribution in [0.1, 0.15) is 11.1 Å². The molecule has 0 spiro atoms. The van der Waals surface area contributed by atoms with E-state index in [4.69, 9.17) is 9.47 Å². The molecular formula is C12H16O3. The maximum absolute atomic E-state index is 9.56. The molecule has 1 aliphatic rings. The smallest absolute Gasteiger partial charge is 0.150 e. The van der Waals surface area contributed by atoms with Gasteiger partial charge in [-0.1, -0.05) is 12.1 Å². The second-order valence-corrected chi connectivity index (χ2v) is 4.03. The first-order valence-corrected chi connectivity index (χ1v) is 5.16. The third-order valence-corrected chi connectivity index (χ3v) is 2.62. The Bertz CT molecular complexity index is 349. The van der Waals surface area contributed by atoms with Crippen LogP contribution in [0.4, 0.5) is 0 Å². The largest absolute Gasteiger partial charge is 0.485 e. The van der Waals surface area contributed by atoms with Crippen molar-refractivity contribution in [2.45, 2.75) is 26.1 Å². The Kier molecular flexibility index (Phi) is 2.93. The van der Waals surface area contributed by atoms with Crippen molar-refractivity contribution < 1.29 is 14.6 Å². The summed E-state index contributed by atoms with van der Waals surface area (Å²) in [6.07, 6.45) is -0.740. The van der Waals surface area contributed by atoms with Gasteiger partial charge in [0.25, 0.3) is 0 Å². The molecule has 1 aromatic rings. The van der Waals surface area contributed by atoms with Crippen LogP contribution in [0.15, 0.2) is 18.2 Å². The third kappa shape index (κ3) is 2.30. The van der Waals surface area contributed by atoms with Crippen LogP contribution in [0.2, 0.25) is 0 Å². The highest BCUT2D eigenvalue weighted by atomic mass is 16.6. The van der Waals surface area contributed by atoms with Gasteiger partial charge in [0.15, 0.2) is 0 Å². The van der Waals surface area contributed by atoms with E-state index < -0.39 is 6.10 Å². The van der Waals surface area contributed by atoms with Crippen molar-refractivity contribution in [3.63, 3.8) is 0 Å². The summed E-state index contributed by atoms with van der Waals surface area (Å²) in [5, 5.41) is 9.56. The van der Waals surface area contributed by atoms with E-state index >= 15 is 0 Å². The highest BCUT2D eigenvalue weighted by molar-refractivity contribution is 5.36. The van der Waals surface area contributed by atoms with Gasteiger partial charge in [0, 0.05) is 0 Å². The first kappa shape index (κ1) is 10.5. The topological polar surface area (TPSA) is 38.7 Å². The zero-order valence-electron chi connectivity index (χ0n) is 9.06. The zero-order chi connectivity index (χ0) is 10.8. The molecular weight excluding hydrogens is 192 g/mol. The van der Waals surface area contributed by atoms with Gasteiger partial charge in [-0.25, -0.2) is 0 Å². The molecule has 0 unspecified atom stereocenters. The van der Waals surface area contributed by atoms with Gasteiger partial charge in [0.1, 0.15) is 18.0 Å². The lowest BCUT2D eigenvalue weighted by Crippen LogP contribution is -2.29. The van der Waals surface area contributed by atoms with Gasteiger partial charge in [-0.2, -0.15) is 0 Å². The zero-order valence-corrected chi connectivity index (χ0v) is 9.06. The van der Waals surface area contributed by atoms with Crippen molar-refractivity contribution in [3.05, 3.63) is 29.3 Å². The second-order valence-electron chi connectivity index (χ2n) is 4.03. The van der Waals surface area contributed by atoms with Crippen molar-refractivity contribution in [3.8, 4) is 5.75 Å². The van der Waals surface area contributed by atoms with Crippen LogP contribution in [0.25, 0.3) is 0 Å². The average molecular weight is 208 g/mol. The van der Waals surface area contributed by atoms with Gasteiger partial charge in [-0.05, 0) is 31.0 Å². The molecule has 0 aliphatic carbocycles. The summed E-state index contributed by atoms with van der Waals surface area (Å²) in [6, 6.07) is 6.05. The van der Waals surface area contributed by atoms with E-state index in [0.29, 0.717) is 13.2 Å². The lowest BCUT2D eigenvalue weighted by Gasteiger charge is -2.17. The summed E-state index contributed by atoms with van der Waals surface area (Å²) >= 11 is 0. The summed E-state index contributed by atoms with van der Waals surface area (Å²) in [6.45, 7) is 4.86. The maximum Gasteiger partial charge on any atom is 0.150 e. The number of aliphatic hydroxyl groups is 1. The first-order chi connectivity index (χ1) is 7.16. The van der Waals surface area contributed by atoms with Gasteiger partial charge in [0.05, 0.1) is 13.2 Å². The predicted octanol–water partition coefficient (Wildman–Crippen LogP) is 1.44. The standard InChI is InChI=1S/C12H16O3/c1-8-3-4-9(2)11(5-8)15-12-7-14-6-10(12)13/h3-5,10,12-13H,6-7H2,1-2H3/t10-,12-/m0/s1. The monoisotopic (exact) mass is 208 g/mol. The summed E-state index contributed by atoms with van der Waals surface area (Å²) < 4.78 is 10.9. The van der Waals surface area contributed by atoms with Crippen LogP contribution in [0, 0.1) is 13.8 Å². The van der Waals surface area contributed by atoms with Gasteiger partial charge >= 0.3 is 0 Å². The SMILES string of the molecule is Cc1ccc(C)c(O[C@H]2COC[C@@H]2O)c1. The Morgan fingerprint density at radius 1 is 1.33 bits per heavy atom. The summed E-state index contributed by atoms with van der Waals surface area (Å²) in [4.78, 5) is 0. The molecule has 0 bridgehead atoms. The van der Waals surface area contributed by atoms with Crippen LogP contribution in [-0.2, 0) is 4.74 Å². The molecule has 1 aliphatic heterocycles. The van der Waals surface area contributed by atoms with E-state index in [2.05, 4.69) is 0 Å². The number of benzene rings is 1. The number of aliphatic hydroxyl groups excluding tert-OH is 1. The molecule has 3 nitrogen and oxygen atoms in total. The van der Waals surface area contributed by atoms with E-state index in [-0.39, 0.29) is 6.10 Å². The number of aryl methyl sites for hydroxylation is 2. The Hall–Kier alpha value is -1.06. The molecule has 0 amide bonds. The molecule has 15 heavy (non-hydrogen) atoms.